The van der Waals surface area contributed by atoms with Crippen molar-refractivity contribution in [3.05, 3.63) is 35.4 Å². The molecule has 1 amide bonds. The lowest BCUT2D eigenvalue weighted by Gasteiger charge is -2.19. The standard InChI is InChI=1S/C14H20N2OS/c1-4-12(13(15)18)14(17)16-10(3)11-7-5-9(2)6-8-11/h5-8,10,12H,4H2,1-3H3,(H2,15,18)(H,16,17). The second kappa shape index (κ2) is 6.50. The lowest BCUT2D eigenvalue weighted by Crippen LogP contribution is -2.38. The van der Waals surface area contributed by atoms with Crippen molar-refractivity contribution in [3.8, 4) is 0 Å². The van der Waals surface area contributed by atoms with Crippen LogP contribution in [0.25, 0.3) is 0 Å². The van der Waals surface area contributed by atoms with Crippen molar-refractivity contribution in [2.24, 2.45) is 11.7 Å². The zero-order valence-corrected chi connectivity index (χ0v) is 11.9. The van der Waals surface area contributed by atoms with Crippen LogP contribution in [0.3, 0.4) is 0 Å². The molecule has 2 atom stereocenters. The molecule has 0 spiro atoms. The van der Waals surface area contributed by atoms with Crippen molar-refractivity contribution >= 4 is 23.1 Å². The van der Waals surface area contributed by atoms with Gasteiger partial charge in [0.15, 0.2) is 0 Å². The van der Waals surface area contributed by atoms with E-state index in [1.54, 1.807) is 0 Å². The van der Waals surface area contributed by atoms with Gasteiger partial charge in [-0.2, -0.15) is 0 Å². The predicted octanol–water partition coefficient (Wildman–Crippen LogP) is 2.48. The van der Waals surface area contributed by atoms with Crippen LogP contribution in [0.15, 0.2) is 24.3 Å². The van der Waals surface area contributed by atoms with Gasteiger partial charge in [-0.3, -0.25) is 4.79 Å². The lowest BCUT2D eigenvalue weighted by molar-refractivity contribution is -0.123. The smallest absolute Gasteiger partial charge is 0.230 e. The zero-order chi connectivity index (χ0) is 13.7. The summed E-state index contributed by atoms with van der Waals surface area (Å²) in [5.41, 5.74) is 7.83. The van der Waals surface area contributed by atoms with Gasteiger partial charge >= 0.3 is 0 Å². The minimum Gasteiger partial charge on any atom is -0.393 e. The minimum absolute atomic E-state index is 0.0403. The highest BCUT2D eigenvalue weighted by molar-refractivity contribution is 7.80. The van der Waals surface area contributed by atoms with Gasteiger partial charge in [0, 0.05) is 0 Å². The molecule has 98 valence electrons. The molecule has 2 unspecified atom stereocenters. The maximum absolute atomic E-state index is 12.0. The van der Waals surface area contributed by atoms with Crippen molar-refractivity contribution in [3.63, 3.8) is 0 Å². The average Bonchev–Trinajstić information content (AvgIpc) is 2.29. The summed E-state index contributed by atoms with van der Waals surface area (Å²) in [6, 6.07) is 8.05. The van der Waals surface area contributed by atoms with E-state index < -0.39 is 0 Å². The molecule has 1 aromatic rings. The van der Waals surface area contributed by atoms with Gasteiger partial charge in [0.05, 0.1) is 16.9 Å². The van der Waals surface area contributed by atoms with Crippen LogP contribution >= 0.6 is 12.2 Å². The molecule has 0 aromatic heterocycles. The van der Waals surface area contributed by atoms with Crippen molar-refractivity contribution in [1.82, 2.24) is 5.32 Å². The molecule has 0 saturated heterocycles. The minimum atomic E-state index is -0.382. The van der Waals surface area contributed by atoms with Gasteiger partial charge in [-0.25, -0.2) is 0 Å². The summed E-state index contributed by atoms with van der Waals surface area (Å²) in [7, 11) is 0. The summed E-state index contributed by atoms with van der Waals surface area (Å²) in [6.45, 7) is 5.89. The Kier molecular flexibility index (Phi) is 5.28. The number of rotatable bonds is 5. The number of amides is 1. The van der Waals surface area contributed by atoms with Crippen LogP contribution in [-0.4, -0.2) is 10.9 Å². The third kappa shape index (κ3) is 3.81. The molecule has 0 aliphatic heterocycles. The number of aryl methyl sites for hydroxylation is 1. The van der Waals surface area contributed by atoms with Crippen molar-refractivity contribution in [2.75, 3.05) is 0 Å². The van der Waals surface area contributed by atoms with Crippen molar-refractivity contribution in [2.45, 2.75) is 33.2 Å². The largest absolute Gasteiger partial charge is 0.393 e. The van der Waals surface area contributed by atoms with Crippen LogP contribution in [0.2, 0.25) is 0 Å². The number of carbonyl (C=O) groups excluding carboxylic acids is 1. The molecule has 0 heterocycles. The van der Waals surface area contributed by atoms with E-state index in [0.717, 1.165) is 5.56 Å². The Bertz CT molecular complexity index is 428. The first-order chi connectivity index (χ1) is 8.45. The molecule has 0 fully saturated rings. The Morgan fingerprint density at radius 1 is 1.39 bits per heavy atom. The molecule has 4 heteroatoms. The summed E-state index contributed by atoms with van der Waals surface area (Å²) in [5.74, 6) is -0.481. The number of nitrogens with two attached hydrogens (primary N) is 1. The number of benzene rings is 1. The van der Waals surface area contributed by atoms with Crippen LogP contribution < -0.4 is 11.1 Å². The Morgan fingerprint density at radius 2 is 1.94 bits per heavy atom. The average molecular weight is 264 g/mol. The van der Waals surface area contributed by atoms with E-state index in [4.69, 9.17) is 18.0 Å². The molecule has 0 bridgehead atoms. The number of thiocarbonyl (C=S) groups is 1. The summed E-state index contributed by atoms with van der Waals surface area (Å²) in [5, 5.41) is 2.94. The predicted molar refractivity (Wildman–Crippen MR) is 78.3 cm³/mol. The van der Waals surface area contributed by atoms with Crippen LogP contribution in [0.5, 0.6) is 0 Å². The maximum atomic E-state index is 12.0. The van der Waals surface area contributed by atoms with E-state index in [2.05, 4.69) is 5.32 Å². The number of hydrogen-bond acceptors (Lipinski definition) is 2. The van der Waals surface area contributed by atoms with E-state index in [1.807, 2.05) is 45.0 Å². The molecular weight excluding hydrogens is 244 g/mol. The Morgan fingerprint density at radius 3 is 2.39 bits per heavy atom. The van der Waals surface area contributed by atoms with E-state index in [0.29, 0.717) is 6.42 Å². The fraction of sp³-hybridized carbons (Fsp3) is 0.429. The fourth-order valence-corrected chi connectivity index (χ4v) is 2.04. The number of hydrogen-bond donors (Lipinski definition) is 2. The number of nitrogens with one attached hydrogen (secondary N) is 1. The lowest BCUT2D eigenvalue weighted by atomic mass is 10.0. The highest BCUT2D eigenvalue weighted by atomic mass is 32.1. The molecule has 3 nitrogen and oxygen atoms in total. The monoisotopic (exact) mass is 264 g/mol. The Labute approximate surface area is 114 Å². The molecule has 0 saturated carbocycles. The summed E-state index contributed by atoms with van der Waals surface area (Å²) >= 11 is 4.90. The van der Waals surface area contributed by atoms with Gasteiger partial charge in [-0.1, -0.05) is 49.0 Å². The Hall–Kier alpha value is -1.42. The molecule has 0 radical (unpaired) electrons. The molecule has 0 aliphatic carbocycles. The zero-order valence-electron chi connectivity index (χ0n) is 11.1. The van der Waals surface area contributed by atoms with Crippen LogP contribution in [-0.2, 0) is 4.79 Å². The number of carbonyl (C=O) groups is 1. The van der Waals surface area contributed by atoms with E-state index in [-0.39, 0.29) is 22.9 Å². The first-order valence-electron chi connectivity index (χ1n) is 6.12. The van der Waals surface area contributed by atoms with Crippen molar-refractivity contribution in [1.29, 1.82) is 0 Å². The van der Waals surface area contributed by atoms with Gasteiger partial charge < -0.3 is 11.1 Å². The molecular formula is C14H20N2OS. The van der Waals surface area contributed by atoms with E-state index in [1.165, 1.54) is 5.56 Å². The normalized spacial score (nSPS) is 13.7. The van der Waals surface area contributed by atoms with Crippen LogP contribution in [0.1, 0.15) is 37.4 Å². The fourth-order valence-electron chi connectivity index (χ4n) is 1.77. The molecule has 1 aromatic carbocycles. The molecule has 1 rings (SSSR count). The summed E-state index contributed by atoms with van der Waals surface area (Å²) < 4.78 is 0. The van der Waals surface area contributed by atoms with Crippen LogP contribution in [0.4, 0.5) is 0 Å². The summed E-state index contributed by atoms with van der Waals surface area (Å²) in [6.07, 6.45) is 0.627. The van der Waals surface area contributed by atoms with Crippen molar-refractivity contribution < 1.29 is 4.79 Å². The van der Waals surface area contributed by atoms with Gasteiger partial charge in [0.1, 0.15) is 0 Å². The molecule has 18 heavy (non-hydrogen) atoms. The van der Waals surface area contributed by atoms with Gasteiger partial charge in [-0.15, -0.1) is 0 Å². The highest BCUT2D eigenvalue weighted by Crippen LogP contribution is 2.14. The third-order valence-corrected chi connectivity index (χ3v) is 3.29. The molecule has 0 aliphatic rings. The Balaban J connectivity index is 2.69. The third-order valence-electron chi connectivity index (χ3n) is 3.00. The maximum Gasteiger partial charge on any atom is 0.230 e. The second-order valence-electron chi connectivity index (χ2n) is 4.50. The van der Waals surface area contributed by atoms with Gasteiger partial charge in [-0.05, 0) is 25.8 Å². The second-order valence-corrected chi connectivity index (χ2v) is 4.98. The van der Waals surface area contributed by atoms with E-state index >= 15 is 0 Å². The molecule has 3 N–H and O–H groups in total. The highest BCUT2D eigenvalue weighted by Gasteiger charge is 2.20. The first kappa shape index (κ1) is 14.6. The van der Waals surface area contributed by atoms with Crippen LogP contribution in [0, 0.1) is 12.8 Å². The quantitative estimate of drug-likeness (QED) is 0.803. The van der Waals surface area contributed by atoms with Gasteiger partial charge in [0.2, 0.25) is 5.91 Å². The topological polar surface area (TPSA) is 55.1 Å². The van der Waals surface area contributed by atoms with E-state index in [9.17, 15) is 4.79 Å². The van der Waals surface area contributed by atoms with Gasteiger partial charge in [0.25, 0.3) is 0 Å². The summed E-state index contributed by atoms with van der Waals surface area (Å²) in [4.78, 5) is 12.2. The first-order valence-corrected chi connectivity index (χ1v) is 6.52. The SMILES string of the molecule is CCC(C(=O)NC(C)c1ccc(C)cc1)C(N)=S.